The molecule has 0 saturated carbocycles. The summed E-state index contributed by atoms with van der Waals surface area (Å²) in [7, 11) is 0. The molecule has 55 heavy (non-hydrogen) atoms. The van der Waals surface area contributed by atoms with Crippen molar-refractivity contribution in [2.24, 2.45) is 0 Å². The van der Waals surface area contributed by atoms with Crippen molar-refractivity contribution in [2.75, 3.05) is 4.90 Å². The molecular formula is C53H39NO. The molecule has 1 unspecified atom stereocenters. The van der Waals surface area contributed by atoms with Gasteiger partial charge in [0.15, 0.2) is 0 Å². The van der Waals surface area contributed by atoms with Gasteiger partial charge in [0.2, 0.25) is 0 Å². The molecule has 262 valence electrons. The van der Waals surface area contributed by atoms with Crippen LogP contribution in [0.1, 0.15) is 48.6 Å². The van der Waals surface area contributed by atoms with Gasteiger partial charge < -0.3 is 9.32 Å². The van der Waals surface area contributed by atoms with E-state index in [4.69, 9.17) is 4.42 Å². The molecule has 8 aromatic carbocycles. The average Bonchev–Trinajstić information content (AvgIpc) is 3.83. The van der Waals surface area contributed by atoms with Crippen LogP contribution in [0, 0.1) is 0 Å². The highest BCUT2D eigenvalue weighted by Crippen LogP contribution is 2.57. The van der Waals surface area contributed by atoms with Crippen LogP contribution >= 0.6 is 0 Å². The maximum Gasteiger partial charge on any atom is 0.137 e. The number of para-hydroxylation sites is 2. The SMILES string of the molecule is CC1(C)c2ccccc2-c2cccc(-c3ccccc3N(c3ccc4c(c3)C(C)(c3ccccc3)c3ccccc3-4)c3cccc4oc5ccccc5c34)c21. The van der Waals surface area contributed by atoms with Crippen molar-refractivity contribution in [1.82, 2.24) is 0 Å². The Balaban J connectivity index is 1.21. The van der Waals surface area contributed by atoms with Crippen LogP contribution < -0.4 is 4.90 Å². The number of nitrogens with zero attached hydrogens (tertiary/aromatic N) is 1. The molecule has 0 N–H and O–H groups in total. The largest absolute Gasteiger partial charge is 0.456 e. The minimum Gasteiger partial charge on any atom is -0.456 e. The molecule has 11 rings (SSSR count). The molecule has 0 amide bonds. The molecule has 0 saturated heterocycles. The normalized spacial score (nSPS) is 16.1. The van der Waals surface area contributed by atoms with Gasteiger partial charge >= 0.3 is 0 Å². The van der Waals surface area contributed by atoms with Gasteiger partial charge in [-0.3, -0.25) is 0 Å². The van der Waals surface area contributed by atoms with Gasteiger partial charge in [0.1, 0.15) is 11.2 Å². The van der Waals surface area contributed by atoms with E-state index < -0.39 is 0 Å². The molecule has 0 bridgehead atoms. The lowest BCUT2D eigenvalue weighted by atomic mass is 9.74. The van der Waals surface area contributed by atoms with E-state index in [0.717, 1.165) is 39.0 Å². The van der Waals surface area contributed by atoms with Gasteiger partial charge in [-0.15, -0.1) is 0 Å². The standard InChI is InChI=1S/C53H39NO/c1-52(2)43-25-11-7-20-37(43)40-23-15-24-41(51(40)52)39-21-9-13-27-46(39)54(47-28-16-30-49-50(47)42-22-10-14-29-48(42)55-49)35-31-32-38-36-19-8-12-26-44(36)53(3,45(38)33-35)34-17-5-4-6-18-34/h4-33H,1-3H3. The fraction of sp³-hybridized carbons (Fsp3) is 0.0943. The zero-order chi connectivity index (χ0) is 36.9. The number of rotatable bonds is 5. The molecule has 0 spiro atoms. The topological polar surface area (TPSA) is 16.4 Å². The van der Waals surface area contributed by atoms with Crippen molar-refractivity contribution in [3.63, 3.8) is 0 Å². The molecule has 1 aromatic heterocycles. The monoisotopic (exact) mass is 705 g/mol. The summed E-state index contributed by atoms with van der Waals surface area (Å²) in [6.45, 7) is 7.15. The summed E-state index contributed by atoms with van der Waals surface area (Å²) in [6.07, 6.45) is 0. The van der Waals surface area contributed by atoms with Crippen molar-refractivity contribution in [3.8, 4) is 33.4 Å². The Morgan fingerprint density at radius 2 is 0.982 bits per heavy atom. The zero-order valence-corrected chi connectivity index (χ0v) is 31.2. The quantitative estimate of drug-likeness (QED) is 0.177. The Hall–Kier alpha value is -6.64. The molecule has 2 aliphatic carbocycles. The molecule has 9 aromatic rings. The van der Waals surface area contributed by atoms with Gasteiger partial charge in [0, 0.05) is 27.5 Å². The number of anilines is 3. The second kappa shape index (κ2) is 11.7. The maximum absolute atomic E-state index is 6.53. The zero-order valence-electron chi connectivity index (χ0n) is 31.2. The Morgan fingerprint density at radius 1 is 0.418 bits per heavy atom. The molecule has 0 fully saturated rings. The van der Waals surface area contributed by atoms with Gasteiger partial charge in [-0.2, -0.15) is 0 Å². The van der Waals surface area contributed by atoms with Crippen LogP contribution in [-0.4, -0.2) is 0 Å². The third kappa shape index (κ3) is 4.43. The van der Waals surface area contributed by atoms with Crippen LogP contribution in [0.2, 0.25) is 0 Å². The fourth-order valence-electron chi connectivity index (χ4n) is 10.0. The maximum atomic E-state index is 6.53. The van der Waals surface area contributed by atoms with E-state index in [9.17, 15) is 0 Å². The molecular weight excluding hydrogens is 667 g/mol. The van der Waals surface area contributed by atoms with Crippen molar-refractivity contribution >= 4 is 39.0 Å². The van der Waals surface area contributed by atoms with E-state index in [2.05, 4.69) is 208 Å². The Bertz CT molecular complexity index is 2990. The lowest BCUT2D eigenvalue weighted by Crippen LogP contribution is -2.23. The van der Waals surface area contributed by atoms with Crippen molar-refractivity contribution < 1.29 is 4.42 Å². The molecule has 0 radical (unpaired) electrons. The predicted octanol–water partition coefficient (Wildman–Crippen LogP) is 14.4. The number of hydrogen-bond acceptors (Lipinski definition) is 2. The van der Waals surface area contributed by atoms with Crippen LogP contribution in [0.3, 0.4) is 0 Å². The molecule has 2 nitrogen and oxygen atoms in total. The lowest BCUT2D eigenvalue weighted by Gasteiger charge is -2.32. The summed E-state index contributed by atoms with van der Waals surface area (Å²) >= 11 is 0. The smallest absolute Gasteiger partial charge is 0.137 e. The van der Waals surface area contributed by atoms with E-state index in [1.807, 2.05) is 0 Å². The number of benzene rings is 8. The lowest BCUT2D eigenvalue weighted by molar-refractivity contribution is 0.662. The third-order valence-corrected chi connectivity index (χ3v) is 12.5. The first-order valence-corrected chi connectivity index (χ1v) is 19.3. The van der Waals surface area contributed by atoms with E-state index in [1.54, 1.807) is 0 Å². The highest BCUT2D eigenvalue weighted by atomic mass is 16.3. The Morgan fingerprint density at radius 3 is 1.80 bits per heavy atom. The van der Waals surface area contributed by atoms with Crippen molar-refractivity contribution in [3.05, 3.63) is 210 Å². The van der Waals surface area contributed by atoms with E-state index in [0.29, 0.717) is 0 Å². The first kappa shape index (κ1) is 31.8. The van der Waals surface area contributed by atoms with Crippen LogP contribution in [0.5, 0.6) is 0 Å². The number of furan rings is 1. The van der Waals surface area contributed by atoms with Crippen molar-refractivity contribution in [1.29, 1.82) is 0 Å². The van der Waals surface area contributed by atoms with E-state index in [1.165, 1.54) is 61.2 Å². The van der Waals surface area contributed by atoms with Gasteiger partial charge in [0.25, 0.3) is 0 Å². The second-order valence-corrected chi connectivity index (χ2v) is 15.8. The fourth-order valence-corrected chi connectivity index (χ4v) is 10.0. The minimum atomic E-state index is -0.335. The van der Waals surface area contributed by atoms with Gasteiger partial charge in [-0.05, 0) is 99.0 Å². The molecule has 2 aliphatic rings. The summed E-state index contributed by atoms with van der Waals surface area (Å²) in [5, 5.41) is 2.21. The van der Waals surface area contributed by atoms with E-state index >= 15 is 0 Å². The molecule has 1 heterocycles. The van der Waals surface area contributed by atoms with Gasteiger partial charge in [-0.25, -0.2) is 0 Å². The van der Waals surface area contributed by atoms with Crippen LogP contribution in [0.4, 0.5) is 17.1 Å². The summed E-state index contributed by atoms with van der Waals surface area (Å²) in [5.74, 6) is 0. The Kier molecular flexibility index (Phi) is 6.76. The van der Waals surface area contributed by atoms with E-state index in [-0.39, 0.29) is 10.8 Å². The predicted molar refractivity (Wildman–Crippen MR) is 229 cm³/mol. The van der Waals surface area contributed by atoms with Gasteiger partial charge in [-0.1, -0.05) is 159 Å². The third-order valence-electron chi connectivity index (χ3n) is 12.5. The first-order valence-electron chi connectivity index (χ1n) is 19.3. The molecule has 1 atom stereocenters. The van der Waals surface area contributed by atoms with Gasteiger partial charge in [0.05, 0.1) is 16.8 Å². The highest BCUT2D eigenvalue weighted by Gasteiger charge is 2.42. The second-order valence-electron chi connectivity index (χ2n) is 15.8. The van der Waals surface area contributed by atoms with Crippen LogP contribution in [0.15, 0.2) is 186 Å². The van der Waals surface area contributed by atoms with Crippen LogP contribution in [0.25, 0.3) is 55.3 Å². The summed E-state index contributed by atoms with van der Waals surface area (Å²) in [5.41, 5.74) is 18.9. The minimum absolute atomic E-state index is 0.169. The van der Waals surface area contributed by atoms with Crippen LogP contribution in [-0.2, 0) is 10.8 Å². The molecule has 0 aliphatic heterocycles. The summed E-state index contributed by atoms with van der Waals surface area (Å²) in [6, 6.07) is 66.7. The average molecular weight is 706 g/mol. The summed E-state index contributed by atoms with van der Waals surface area (Å²) < 4.78 is 6.53. The molecule has 2 heteroatoms. The first-order chi connectivity index (χ1) is 26.9. The number of fused-ring (bicyclic) bond motifs is 9. The highest BCUT2D eigenvalue weighted by molar-refractivity contribution is 6.14. The Labute approximate surface area is 322 Å². The number of hydrogen-bond donors (Lipinski definition) is 0. The summed E-state index contributed by atoms with van der Waals surface area (Å²) in [4.78, 5) is 2.49. The van der Waals surface area contributed by atoms with Crippen molar-refractivity contribution in [2.45, 2.75) is 31.6 Å².